The topological polar surface area (TPSA) is 66.5 Å². The Balaban J connectivity index is 2.26. The molecule has 0 aromatic heterocycles. The molecule has 0 aliphatic carbocycles. The number of halogens is 1. The lowest BCUT2D eigenvalue weighted by Crippen LogP contribution is -2.38. The Labute approximate surface area is 163 Å². The number of benzene rings is 2. The monoisotopic (exact) mass is 438 g/mol. The molecule has 7 heteroatoms. The van der Waals surface area contributed by atoms with Crippen LogP contribution in [-0.4, -0.2) is 31.7 Å². The predicted octanol–water partition coefficient (Wildman–Crippen LogP) is 4.11. The molecule has 0 spiro atoms. The first-order valence-electron chi connectivity index (χ1n) is 8.37. The fourth-order valence-electron chi connectivity index (χ4n) is 2.59. The Hall–Kier alpha value is -1.70. The van der Waals surface area contributed by atoms with Crippen LogP contribution in [0.3, 0.4) is 0 Å². The van der Waals surface area contributed by atoms with Gasteiger partial charge in [-0.2, -0.15) is 4.31 Å². The molecule has 1 N–H and O–H groups in total. The van der Waals surface area contributed by atoms with Crippen molar-refractivity contribution in [3.05, 3.63) is 58.1 Å². The molecular weight excluding hydrogens is 416 g/mol. The van der Waals surface area contributed by atoms with Gasteiger partial charge in [0.25, 0.3) is 0 Å². The molecule has 0 unspecified atom stereocenters. The maximum Gasteiger partial charge on any atom is 0.243 e. The number of amides is 1. The van der Waals surface area contributed by atoms with Gasteiger partial charge in [0, 0.05) is 16.7 Å². The van der Waals surface area contributed by atoms with E-state index in [1.165, 1.54) is 4.31 Å². The minimum atomic E-state index is -3.77. The number of hydrogen-bond donors (Lipinski definition) is 1. The normalized spacial score (nSPS) is 11.6. The molecule has 0 saturated heterocycles. The first-order valence-corrected chi connectivity index (χ1v) is 10.6. The van der Waals surface area contributed by atoms with Gasteiger partial charge in [-0.15, -0.1) is 0 Å². The lowest BCUT2D eigenvalue weighted by molar-refractivity contribution is -0.116. The SMILES string of the molecule is CCCN(CC(=O)Nc1ccccc1C)S(=O)(=O)c1cc(Br)ccc1C. The average molecular weight is 439 g/mol. The van der Waals surface area contributed by atoms with E-state index < -0.39 is 10.0 Å². The third-order valence-corrected chi connectivity index (χ3v) is 6.46. The molecule has 0 atom stereocenters. The summed E-state index contributed by atoms with van der Waals surface area (Å²) in [6, 6.07) is 12.5. The van der Waals surface area contributed by atoms with Crippen molar-refractivity contribution in [2.75, 3.05) is 18.4 Å². The highest BCUT2D eigenvalue weighted by atomic mass is 79.9. The molecule has 2 aromatic carbocycles. The summed E-state index contributed by atoms with van der Waals surface area (Å²) in [6.45, 7) is 5.57. The summed E-state index contributed by atoms with van der Waals surface area (Å²) in [5, 5.41) is 2.79. The van der Waals surface area contributed by atoms with E-state index in [-0.39, 0.29) is 23.9 Å². The molecule has 0 heterocycles. The van der Waals surface area contributed by atoms with Crippen molar-refractivity contribution in [1.29, 1.82) is 0 Å². The van der Waals surface area contributed by atoms with E-state index in [1.807, 2.05) is 32.0 Å². The van der Waals surface area contributed by atoms with Crippen molar-refractivity contribution in [2.45, 2.75) is 32.1 Å². The maximum absolute atomic E-state index is 13.1. The number of sulfonamides is 1. The van der Waals surface area contributed by atoms with Crippen LogP contribution in [-0.2, 0) is 14.8 Å². The van der Waals surface area contributed by atoms with Crippen molar-refractivity contribution in [3.8, 4) is 0 Å². The number of hydrogen-bond acceptors (Lipinski definition) is 3. The van der Waals surface area contributed by atoms with Crippen LogP contribution in [0.25, 0.3) is 0 Å². The number of aryl methyl sites for hydroxylation is 2. The summed E-state index contributed by atoms with van der Waals surface area (Å²) in [5.74, 6) is -0.357. The van der Waals surface area contributed by atoms with Crippen LogP contribution in [0.4, 0.5) is 5.69 Å². The lowest BCUT2D eigenvalue weighted by Gasteiger charge is -2.22. The summed E-state index contributed by atoms with van der Waals surface area (Å²) in [4.78, 5) is 12.7. The van der Waals surface area contributed by atoms with Crippen LogP contribution in [0.1, 0.15) is 24.5 Å². The quantitative estimate of drug-likeness (QED) is 0.706. The van der Waals surface area contributed by atoms with Crippen LogP contribution >= 0.6 is 15.9 Å². The van der Waals surface area contributed by atoms with Gasteiger partial charge in [0.05, 0.1) is 11.4 Å². The molecule has 2 rings (SSSR count). The van der Waals surface area contributed by atoms with Gasteiger partial charge in [-0.1, -0.05) is 47.1 Å². The van der Waals surface area contributed by atoms with E-state index in [0.29, 0.717) is 22.1 Å². The second kappa shape index (κ2) is 8.79. The summed E-state index contributed by atoms with van der Waals surface area (Å²) in [6.07, 6.45) is 0.615. The van der Waals surface area contributed by atoms with Gasteiger partial charge < -0.3 is 5.32 Å². The molecule has 0 bridgehead atoms. The van der Waals surface area contributed by atoms with Gasteiger partial charge in [0.15, 0.2) is 0 Å². The molecule has 0 fully saturated rings. The predicted molar refractivity (Wildman–Crippen MR) is 108 cm³/mol. The van der Waals surface area contributed by atoms with E-state index in [4.69, 9.17) is 0 Å². The summed E-state index contributed by atoms with van der Waals surface area (Å²) >= 11 is 3.32. The Morgan fingerprint density at radius 2 is 1.81 bits per heavy atom. The number of anilines is 1. The highest BCUT2D eigenvalue weighted by molar-refractivity contribution is 9.10. The molecule has 1 amide bonds. The molecule has 2 aromatic rings. The molecule has 0 aliphatic heterocycles. The molecule has 0 aliphatic rings. The van der Waals surface area contributed by atoms with E-state index in [2.05, 4.69) is 21.2 Å². The Kier molecular flexibility index (Phi) is 6.97. The van der Waals surface area contributed by atoms with E-state index in [9.17, 15) is 13.2 Å². The zero-order valence-electron chi connectivity index (χ0n) is 15.1. The smallest absolute Gasteiger partial charge is 0.243 e. The zero-order chi connectivity index (χ0) is 19.3. The second-order valence-corrected chi connectivity index (χ2v) is 8.93. The molecule has 5 nitrogen and oxygen atoms in total. The van der Waals surface area contributed by atoms with Gasteiger partial charge in [-0.25, -0.2) is 8.42 Å². The summed E-state index contributed by atoms with van der Waals surface area (Å²) < 4.78 is 28.1. The van der Waals surface area contributed by atoms with Gasteiger partial charge in [-0.3, -0.25) is 4.79 Å². The van der Waals surface area contributed by atoms with Crippen molar-refractivity contribution >= 4 is 37.5 Å². The van der Waals surface area contributed by atoms with E-state index in [1.54, 1.807) is 31.2 Å². The van der Waals surface area contributed by atoms with Crippen LogP contribution in [0.15, 0.2) is 51.8 Å². The van der Waals surface area contributed by atoms with Gasteiger partial charge in [-0.05, 0) is 49.6 Å². The molecule has 26 heavy (non-hydrogen) atoms. The van der Waals surface area contributed by atoms with Crippen molar-refractivity contribution < 1.29 is 13.2 Å². The zero-order valence-corrected chi connectivity index (χ0v) is 17.5. The van der Waals surface area contributed by atoms with Crippen LogP contribution in [0.5, 0.6) is 0 Å². The number of carbonyl (C=O) groups is 1. The van der Waals surface area contributed by atoms with Crippen molar-refractivity contribution in [3.63, 3.8) is 0 Å². The van der Waals surface area contributed by atoms with E-state index >= 15 is 0 Å². The van der Waals surface area contributed by atoms with Crippen LogP contribution in [0.2, 0.25) is 0 Å². The fourth-order valence-corrected chi connectivity index (χ4v) is 4.84. The summed E-state index contributed by atoms with van der Waals surface area (Å²) in [7, 11) is -3.77. The minimum absolute atomic E-state index is 0.212. The largest absolute Gasteiger partial charge is 0.325 e. The standard InChI is InChI=1S/C19H23BrN2O3S/c1-4-11-22(13-19(23)21-17-8-6-5-7-14(17)2)26(24,25)18-12-16(20)10-9-15(18)3/h5-10,12H,4,11,13H2,1-3H3,(H,21,23). The van der Waals surface area contributed by atoms with Gasteiger partial charge in [0.1, 0.15) is 0 Å². The van der Waals surface area contributed by atoms with Crippen LogP contribution < -0.4 is 5.32 Å². The molecule has 0 saturated carbocycles. The Bertz CT molecular complexity index is 897. The highest BCUT2D eigenvalue weighted by Crippen LogP contribution is 2.24. The minimum Gasteiger partial charge on any atom is -0.325 e. The average Bonchev–Trinajstić information content (AvgIpc) is 2.58. The molecule has 140 valence electrons. The first kappa shape index (κ1) is 20.6. The lowest BCUT2D eigenvalue weighted by atomic mass is 10.2. The summed E-state index contributed by atoms with van der Waals surface area (Å²) in [5.41, 5.74) is 2.26. The third kappa shape index (κ3) is 4.93. The number of nitrogens with one attached hydrogen (secondary N) is 1. The highest BCUT2D eigenvalue weighted by Gasteiger charge is 2.27. The first-order chi connectivity index (χ1) is 12.3. The Morgan fingerprint density at radius 3 is 2.46 bits per heavy atom. The number of carbonyl (C=O) groups excluding carboxylic acids is 1. The molecule has 0 radical (unpaired) electrons. The second-order valence-electron chi connectivity index (χ2n) is 6.11. The molecular formula is C19H23BrN2O3S. The number of nitrogens with zero attached hydrogens (tertiary/aromatic N) is 1. The number of rotatable bonds is 7. The van der Waals surface area contributed by atoms with Crippen molar-refractivity contribution in [2.24, 2.45) is 0 Å². The van der Waals surface area contributed by atoms with Crippen LogP contribution in [0, 0.1) is 13.8 Å². The number of para-hydroxylation sites is 1. The fraction of sp³-hybridized carbons (Fsp3) is 0.316. The third-order valence-electron chi connectivity index (χ3n) is 3.98. The van der Waals surface area contributed by atoms with Gasteiger partial charge in [0.2, 0.25) is 15.9 Å². The Morgan fingerprint density at radius 1 is 1.12 bits per heavy atom. The van der Waals surface area contributed by atoms with Gasteiger partial charge >= 0.3 is 0 Å². The maximum atomic E-state index is 13.1. The van der Waals surface area contributed by atoms with E-state index in [0.717, 1.165) is 5.56 Å². The van der Waals surface area contributed by atoms with Crippen molar-refractivity contribution in [1.82, 2.24) is 4.31 Å².